The van der Waals surface area contributed by atoms with Gasteiger partial charge in [0.25, 0.3) is 0 Å². The lowest BCUT2D eigenvalue weighted by molar-refractivity contribution is -0.116. The third-order valence-corrected chi connectivity index (χ3v) is 4.41. The molecule has 3 rings (SSSR count). The van der Waals surface area contributed by atoms with Gasteiger partial charge in [-0.1, -0.05) is 17.8 Å². The molecular formula is C16H18N4OS. The van der Waals surface area contributed by atoms with E-state index in [1.165, 1.54) is 17.3 Å². The zero-order valence-electron chi connectivity index (χ0n) is 13.0. The number of nitrogens with zero attached hydrogens (tertiary/aromatic N) is 4. The van der Waals surface area contributed by atoms with Crippen molar-refractivity contribution in [2.24, 2.45) is 0 Å². The maximum absolute atomic E-state index is 11.7. The average Bonchev–Trinajstić information content (AvgIpc) is 2.53. The molecule has 0 fully saturated rings. The fourth-order valence-corrected chi connectivity index (χ4v) is 3.16. The third-order valence-electron chi connectivity index (χ3n) is 3.88. The van der Waals surface area contributed by atoms with Crippen LogP contribution in [0.1, 0.15) is 24.6 Å². The van der Waals surface area contributed by atoms with Crippen LogP contribution in [0.15, 0.2) is 23.4 Å². The highest BCUT2D eigenvalue weighted by Gasteiger charge is 2.20. The van der Waals surface area contributed by atoms with Crippen molar-refractivity contribution in [2.45, 2.75) is 31.8 Å². The second-order valence-corrected chi connectivity index (χ2v) is 6.12. The summed E-state index contributed by atoms with van der Waals surface area (Å²) >= 11 is 1.48. The first-order valence-corrected chi connectivity index (χ1v) is 8.49. The molecule has 22 heavy (non-hydrogen) atoms. The van der Waals surface area contributed by atoms with E-state index in [0.29, 0.717) is 5.16 Å². The van der Waals surface area contributed by atoms with E-state index in [4.69, 9.17) is 0 Å². The predicted molar refractivity (Wildman–Crippen MR) is 88.1 cm³/mol. The Hall–Kier alpha value is -1.95. The fraction of sp³-hybridized carbons (Fsp3) is 0.375. The number of amides is 1. The Balaban J connectivity index is 2.02. The van der Waals surface area contributed by atoms with E-state index in [1.54, 1.807) is 6.92 Å². The van der Waals surface area contributed by atoms with E-state index >= 15 is 0 Å². The van der Waals surface area contributed by atoms with Crippen molar-refractivity contribution < 1.29 is 4.79 Å². The SMILES string of the molecule is CSc1nnc(-c2ccc3c(c2)CCCN3C(C)=O)c(C)n1. The number of benzene rings is 1. The summed E-state index contributed by atoms with van der Waals surface area (Å²) in [4.78, 5) is 18.0. The molecule has 0 unspecified atom stereocenters. The van der Waals surface area contributed by atoms with Gasteiger partial charge in [0.1, 0.15) is 5.69 Å². The van der Waals surface area contributed by atoms with Crippen LogP contribution in [0.2, 0.25) is 0 Å². The number of rotatable bonds is 2. The monoisotopic (exact) mass is 314 g/mol. The number of thioether (sulfide) groups is 1. The normalized spacial score (nSPS) is 13.9. The molecular weight excluding hydrogens is 296 g/mol. The summed E-state index contributed by atoms with van der Waals surface area (Å²) in [6, 6.07) is 6.12. The van der Waals surface area contributed by atoms with E-state index in [-0.39, 0.29) is 5.91 Å². The molecule has 0 aliphatic carbocycles. The van der Waals surface area contributed by atoms with Gasteiger partial charge in [-0.15, -0.1) is 10.2 Å². The van der Waals surface area contributed by atoms with Gasteiger partial charge in [-0.2, -0.15) is 0 Å². The maximum atomic E-state index is 11.7. The Kier molecular flexibility index (Phi) is 4.11. The van der Waals surface area contributed by atoms with Crippen molar-refractivity contribution >= 4 is 23.4 Å². The van der Waals surface area contributed by atoms with Crippen LogP contribution in [0.5, 0.6) is 0 Å². The zero-order valence-corrected chi connectivity index (χ0v) is 13.8. The van der Waals surface area contributed by atoms with Crippen LogP contribution in [-0.2, 0) is 11.2 Å². The molecule has 0 atom stereocenters. The first-order valence-electron chi connectivity index (χ1n) is 7.27. The molecule has 5 nitrogen and oxygen atoms in total. The third kappa shape index (κ3) is 2.70. The van der Waals surface area contributed by atoms with Crippen LogP contribution in [0, 0.1) is 6.92 Å². The second-order valence-electron chi connectivity index (χ2n) is 5.35. The van der Waals surface area contributed by atoms with Gasteiger partial charge < -0.3 is 4.90 Å². The summed E-state index contributed by atoms with van der Waals surface area (Å²) < 4.78 is 0. The molecule has 1 amide bonds. The minimum Gasteiger partial charge on any atom is -0.312 e. The topological polar surface area (TPSA) is 59.0 Å². The molecule has 0 saturated carbocycles. The van der Waals surface area contributed by atoms with Crippen molar-refractivity contribution in [3.63, 3.8) is 0 Å². The highest BCUT2D eigenvalue weighted by atomic mass is 32.2. The van der Waals surface area contributed by atoms with Crippen molar-refractivity contribution in [1.82, 2.24) is 15.2 Å². The van der Waals surface area contributed by atoms with E-state index in [9.17, 15) is 4.79 Å². The number of anilines is 1. The molecule has 1 aromatic carbocycles. The van der Waals surface area contributed by atoms with Crippen LogP contribution in [0.3, 0.4) is 0 Å². The molecule has 0 bridgehead atoms. The quantitative estimate of drug-likeness (QED) is 0.798. The Bertz CT molecular complexity index is 732. The number of carbonyl (C=O) groups excluding carboxylic acids is 1. The van der Waals surface area contributed by atoms with Crippen molar-refractivity contribution in [2.75, 3.05) is 17.7 Å². The van der Waals surface area contributed by atoms with Gasteiger partial charge in [-0.25, -0.2) is 4.98 Å². The first-order chi connectivity index (χ1) is 10.6. The lowest BCUT2D eigenvalue weighted by Crippen LogP contribution is -2.33. The van der Waals surface area contributed by atoms with Gasteiger partial charge >= 0.3 is 0 Å². The van der Waals surface area contributed by atoms with Gasteiger partial charge in [0.05, 0.1) is 5.69 Å². The van der Waals surface area contributed by atoms with Crippen molar-refractivity contribution in [3.05, 3.63) is 29.5 Å². The molecule has 2 aromatic rings. The largest absolute Gasteiger partial charge is 0.312 e. The van der Waals surface area contributed by atoms with E-state index in [1.807, 2.05) is 30.2 Å². The number of carbonyl (C=O) groups is 1. The standard InChI is InChI=1S/C16H18N4OS/c1-10-15(18-19-16(17-10)22-3)13-6-7-14-12(9-13)5-4-8-20(14)11(2)21/h6-7,9H,4-5,8H2,1-3H3. The predicted octanol–water partition coefficient (Wildman–Crippen LogP) is 2.87. The number of hydrogen-bond donors (Lipinski definition) is 0. The summed E-state index contributed by atoms with van der Waals surface area (Å²) in [5.41, 5.74) is 4.89. The molecule has 1 aliphatic rings. The average molecular weight is 314 g/mol. The van der Waals surface area contributed by atoms with Gasteiger partial charge in [-0.05, 0) is 43.7 Å². The molecule has 2 heterocycles. The van der Waals surface area contributed by atoms with Crippen LogP contribution < -0.4 is 4.90 Å². The molecule has 0 N–H and O–H groups in total. The van der Waals surface area contributed by atoms with E-state index in [2.05, 4.69) is 21.2 Å². The summed E-state index contributed by atoms with van der Waals surface area (Å²) in [5, 5.41) is 9.12. The summed E-state index contributed by atoms with van der Waals surface area (Å²) in [7, 11) is 0. The zero-order chi connectivity index (χ0) is 15.7. The van der Waals surface area contributed by atoms with Gasteiger partial charge in [0.2, 0.25) is 11.1 Å². The molecule has 0 radical (unpaired) electrons. The summed E-state index contributed by atoms with van der Waals surface area (Å²) in [6.45, 7) is 4.36. The van der Waals surface area contributed by atoms with Gasteiger partial charge in [0.15, 0.2) is 0 Å². The number of fused-ring (bicyclic) bond motifs is 1. The fourth-order valence-electron chi connectivity index (χ4n) is 2.81. The Morgan fingerprint density at radius 3 is 2.82 bits per heavy atom. The number of aryl methyl sites for hydroxylation is 2. The Morgan fingerprint density at radius 2 is 2.14 bits per heavy atom. The first kappa shape index (κ1) is 15.0. The molecule has 0 spiro atoms. The van der Waals surface area contributed by atoms with Gasteiger partial charge in [0, 0.05) is 24.7 Å². The molecule has 0 saturated heterocycles. The lowest BCUT2D eigenvalue weighted by atomic mass is 9.97. The summed E-state index contributed by atoms with van der Waals surface area (Å²) in [6.07, 6.45) is 3.91. The van der Waals surface area contributed by atoms with Crippen LogP contribution in [0.4, 0.5) is 5.69 Å². The van der Waals surface area contributed by atoms with Crippen molar-refractivity contribution in [1.29, 1.82) is 0 Å². The Labute approximate surface area is 134 Å². The highest BCUT2D eigenvalue weighted by molar-refractivity contribution is 7.98. The van der Waals surface area contributed by atoms with E-state index in [0.717, 1.165) is 42.0 Å². The van der Waals surface area contributed by atoms with Crippen molar-refractivity contribution in [3.8, 4) is 11.3 Å². The minimum atomic E-state index is 0.0932. The van der Waals surface area contributed by atoms with Crippen LogP contribution >= 0.6 is 11.8 Å². The molecule has 114 valence electrons. The molecule has 1 aliphatic heterocycles. The lowest BCUT2D eigenvalue weighted by Gasteiger charge is -2.28. The molecule has 6 heteroatoms. The molecule has 1 aromatic heterocycles. The summed E-state index contributed by atoms with van der Waals surface area (Å²) in [5.74, 6) is 0.0932. The minimum absolute atomic E-state index is 0.0932. The van der Waals surface area contributed by atoms with Crippen LogP contribution in [-0.4, -0.2) is 33.9 Å². The maximum Gasteiger partial charge on any atom is 0.223 e. The number of hydrogen-bond acceptors (Lipinski definition) is 5. The highest BCUT2D eigenvalue weighted by Crippen LogP contribution is 2.31. The smallest absolute Gasteiger partial charge is 0.223 e. The van der Waals surface area contributed by atoms with E-state index < -0.39 is 0 Å². The number of aromatic nitrogens is 3. The second kappa shape index (κ2) is 6.04. The Morgan fingerprint density at radius 1 is 1.32 bits per heavy atom. The van der Waals surface area contributed by atoms with Gasteiger partial charge in [-0.3, -0.25) is 4.79 Å². The van der Waals surface area contributed by atoms with Crippen LogP contribution in [0.25, 0.3) is 11.3 Å².